The number of benzene rings is 1. The Morgan fingerprint density at radius 1 is 1.35 bits per heavy atom. The van der Waals surface area contributed by atoms with E-state index in [4.69, 9.17) is 0 Å². The number of hydrogen-bond donors (Lipinski definition) is 1. The fraction of sp³-hybridized carbons (Fsp3) is 0.312. The van der Waals surface area contributed by atoms with E-state index in [0.717, 1.165) is 5.56 Å². The lowest BCUT2D eigenvalue weighted by atomic mass is 10.2. The first-order chi connectivity index (χ1) is 11.1. The van der Waals surface area contributed by atoms with Crippen LogP contribution < -0.4 is 5.32 Å². The molecule has 1 aliphatic heterocycles. The first kappa shape index (κ1) is 15.2. The van der Waals surface area contributed by atoms with Gasteiger partial charge in [0.25, 0.3) is 0 Å². The number of carbonyl (C=O) groups is 2. The number of amides is 2. The number of nitrogens with zero attached hydrogens (tertiary/aromatic N) is 3. The SMILES string of the molecule is O=C(Cn1cccn1)NC1CC(=O)N(Cc2ccc(F)cc2)C1. The van der Waals surface area contributed by atoms with Crippen LogP contribution in [-0.2, 0) is 22.7 Å². The van der Waals surface area contributed by atoms with E-state index in [1.54, 1.807) is 35.5 Å². The fourth-order valence-electron chi connectivity index (χ4n) is 2.65. The van der Waals surface area contributed by atoms with Crippen molar-refractivity contribution < 1.29 is 14.0 Å². The summed E-state index contributed by atoms with van der Waals surface area (Å²) in [7, 11) is 0. The second kappa shape index (κ2) is 6.60. The van der Waals surface area contributed by atoms with Crippen LogP contribution in [0.5, 0.6) is 0 Å². The highest BCUT2D eigenvalue weighted by atomic mass is 19.1. The molecular formula is C16H17FN4O2. The summed E-state index contributed by atoms with van der Waals surface area (Å²) < 4.78 is 14.4. The van der Waals surface area contributed by atoms with E-state index >= 15 is 0 Å². The summed E-state index contributed by atoms with van der Waals surface area (Å²) in [6, 6.07) is 7.61. The Hall–Kier alpha value is -2.70. The van der Waals surface area contributed by atoms with E-state index in [1.165, 1.54) is 16.8 Å². The summed E-state index contributed by atoms with van der Waals surface area (Å²) in [4.78, 5) is 25.6. The largest absolute Gasteiger partial charge is 0.349 e. The predicted octanol–water partition coefficient (Wildman–Crippen LogP) is 0.939. The van der Waals surface area contributed by atoms with Crippen LogP contribution in [0.2, 0.25) is 0 Å². The Morgan fingerprint density at radius 2 is 2.13 bits per heavy atom. The monoisotopic (exact) mass is 316 g/mol. The highest BCUT2D eigenvalue weighted by Gasteiger charge is 2.30. The van der Waals surface area contributed by atoms with E-state index in [9.17, 15) is 14.0 Å². The molecule has 1 N–H and O–H groups in total. The zero-order valence-corrected chi connectivity index (χ0v) is 12.5. The molecule has 2 amide bonds. The van der Waals surface area contributed by atoms with Gasteiger partial charge in [0.05, 0.1) is 6.04 Å². The molecular weight excluding hydrogens is 299 g/mol. The van der Waals surface area contributed by atoms with Gasteiger partial charge in [0.15, 0.2) is 0 Å². The molecule has 3 rings (SSSR count). The van der Waals surface area contributed by atoms with E-state index in [2.05, 4.69) is 10.4 Å². The maximum atomic E-state index is 12.9. The normalized spacial score (nSPS) is 17.5. The molecule has 1 saturated heterocycles. The van der Waals surface area contributed by atoms with Crippen molar-refractivity contribution in [3.8, 4) is 0 Å². The number of hydrogen-bond acceptors (Lipinski definition) is 3. The number of nitrogens with one attached hydrogen (secondary N) is 1. The van der Waals surface area contributed by atoms with Crippen molar-refractivity contribution in [3.05, 3.63) is 54.1 Å². The van der Waals surface area contributed by atoms with Gasteiger partial charge in [-0.2, -0.15) is 5.10 Å². The van der Waals surface area contributed by atoms with Gasteiger partial charge in [0.1, 0.15) is 12.4 Å². The average molecular weight is 316 g/mol. The number of rotatable bonds is 5. The highest BCUT2D eigenvalue weighted by molar-refractivity contribution is 5.82. The molecule has 2 heterocycles. The molecule has 120 valence electrons. The van der Waals surface area contributed by atoms with Gasteiger partial charge in [-0.1, -0.05) is 12.1 Å². The minimum Gasteiger partial charge on any atom is -0.349 e. The molecule has 1 atom stereocenters. The molecule has 23 heavy (non-hydrogen) atoms. The summed E-state index contributed by atoms with van der Waals surface area (Å²) in [5.41, 5.74) is 0.864. The van der Waals surface area contributed by atoms with Gasteiger partial charge in [0, 0.05) is 31.9 Å². The Kier molecular flexibility index (Phi) is 4.36. The lowest BCUT2D eigenvalue weighted by Crippen LogP contribution is -2.38. The second-order valence-electron chi connectivity index (χ2n) is 5.57. The molecule has 7 heteroatoms. The summed E-state index contributed by atoms with van der Waals surface area (Å²) >= 11 is 0. The van der Waals surface area contributed by atoms with Gasteiger partial charge >= 0.3 is 0 Å². The van der Waals surface area contributed by atoms with Gasteiger partial charge in [-0.25, -0.2) is 4.39 Å². The molecule has 1 aromatic carbocycles. The third kappa shape index (κ3) is 3.94. The lowest BCUT2D eigenvalue weighted by Gasteiger charge is -2.17. The van der Waals surface area contributed by atoms with Gasteiger partial charge < -0.3 is 10.2 Å². The van der Waals surface area contributed by atoms with E-state index < -0.39 is 0 Å². The van der Waals surface area contributed by atoms with Crippen molar-refractivity contribution in [3.63, 3.8) is 0 Å². The molecule has 2 aromatic rings. The van der Waals surface area contributed by atoms with Crippen molar-refractivity contribution in [1.29, 1.82) is 0 Å². The standard InChI is InChI=1S/C16H17FN4O2/c17-13-4-2-12(3-5-13)9-20-10-14(8-16(20)23)19-15(22)11-21-7-1-6-18-21/h1-7,14H,8-11H2,(H,19,22). The summed E-state index contributed by atoms with van der Waals surface area (Å²) in [5.74, 6) is -0.487. The van der Waals surface area contributed by atoms with Crippen molar-refractivity contribution in [2.75, 3.05) is 6.54 Å². The molecule has 1 aromatic heterocycles. The van der Waals surface area contributed by atoms with Crippen molar-refractivity contribution in [2.24, 2.45) is 0 Å². The van der Waals surface area contributed by atoms with Crippen LogP contribution in [0.4, 0.5) is 4.39 Å². The van der Waals surface area contributed by atoms with Crippen LogP contribution in [0.25, 0.3) is 0 Å². The average Bonchev–Trinajstić information content (AvgIpc) is 3.12. The Labute approximate surface area is 132 Å². The van der Waals surface area contributed by atoms with E-state index in [1.807, 2.05) is 0 Å². The summed E-state index contributed by atoms with van der Waals surface area (Å²) in [6.45, 7) is 1.02. The molecule has 0 spiro atoms. The highest BCUT2D eigenvalue weighted by Crippen LogP contribution is 2.15. The van der Waals surface area contributed by atoms with Crippen molar-refractivity contribution in [2.45, 2.75) is 25.6 Å². The zero-order valence-electron chi connectivity index (χ0n) is 12.5. The van der Waals surface area contributed by atoms with Crippen LogP contribution in [0.3, 0.4) is 0 Å². The summed E-state index contributed by atoms with van der Waals surface area (Å²) in [6.07, 6.45) is 3.60. The number of likely N-dealkylation sites (tertiary alicyclic amines) is 1. The molecule has 6 nitrogen and oxygen atoms in total. The van der Waals surface area contributed by atoms with Gasteiger partial charge in [0.2, 0.25) is 11.8 Å². The van der Waals surface area contributed by atoms with Crippen LogP contribution in [0.1, 0.15) is 12.0 Å². The number of aromatic nitrogens is 2. The molecule has 1 unspecified atom stereocenters. The third-order valence-electron chi connectivity index (χ3n) is 3.73. The Morgan fingerprint density at radius 3 is 2.83 bits per heavy atom. The quantitative estimate of drug-likeness (QED) is 0.893. The molecule has 0 bridgehead atoms. The van der Waals surface area contributed by atoms with Crippen molar-refractivity contribution >= 4 is 11.8 Å². The minimum atomic E-state index is -0.301. The fourth-order valence-corrected chi connectivity index (χ4v) is 2.65. The number of carbonyl (C=O) groups excluding carboxylic acids is 2. The first-order valence-corrected chi connectivity index (χ1v) is 7.39. The van der Waals surface area contributed by atoms with Crippen LogP contribution in [0, 0.1) is 5.82 Å². The molecule has 0 aliphatic carbocycles. The lowest BCUT2D eigenvalue weighted by molar-refractivity contribution is -0.128. The minimum absolute atomic E-state index is 0.0151. The molecule has 1 fully saturated rings. The molecule has 0 radical (unpaired) electrons. The topological polar surface area (TPSA) is 67.2 Å². The third-order valence-corrected chi connectivity index (χ3v) is 3.73. The van der Waals surface area contributed by atoms with Crippen LogP contribution in [0.15, 0.2) is 42.7 Å². The Balaban J connectivity index is 1.52. The zero-order chi connectivity index (χ0) is 16.2. The molecule has 0 saturated carbocycles. The van der Waals surface area contributed by atoms with Gasteiger partial charge in [-0.15, -0.1) is 0 Å². The number of halogens is 1. The second-order valence-corrected chi connectivity index (χ2v) is 5.57. The van der Waals surface area contributed by atoms with Gasteiger partial charge in [-0.3, -0.25) is 14.3 Å². The van der Waals surface area contributed by atoms with Gasteiger partial charge in [-0.05, 0) is 23.8 Å². The predicted molar refractivity (Wildman–Crippen MR) is 80.6 cm³/mol. The van der Waals surface area contributed by atoms with E-state index in [0.29, 0.717) is 13.1 Å². The van der Waals surface area contributed by atoms with Crippen LogP contribution >= 0.6 is 0 Å². The maximum Gasteiger partial charge on any atom is 0.242 e. The summed E-state index contributed by atoms with van der Waals surface area (Å²) in [5, 5.41) is 6.82. The van der Waals surface area contributed by atoms with E-state index in [-0.39, 0.29) is 36.6 Å². The van der Waals surface area contributed by atoms with Crippen molar-refractivity contribution in [1.82, 2.24) is 20.0 Å². The Bertz CT molecular complexity index is 685. The smallest absolute Gasteiger partial charge is 0.242 e. The van der Waals surface area contributed by atoms with Crippen LogP contribution in [-0.4, -0.2) is 39.1 Å². The first-order valence-electron chi connectivity index (χ1n) is 7.39. The maximum absolute atomic E-state index is 12.9. The molecule has 1 aliphatic rings.